The first-order valence-electron chi connectivity index (χ1n) is 16.3. The van der Waals surface area contributed by atoms with E-state index in [1.807, 2.05) is 80.1 Å². The van der Waals surface area contributed by atoms with Gasteiger partial charge in [0.15, 0.2) is 0 Å². The van der Waals surface area contributed by atoms with Gasteiger partial charge in [0, 0.05) is 80.6 Å². The number of amides is 3. The summed E-state index contributed by atoms with van der Waals surface area (Å²) in [6, 6.07) is 19.0. The van der Waals surface area contributed by atoms with Crippen molar-refractivity contribution in [1.82, 2.24) is 19.4 Å². The van der Waals surface area contributed by atoms with Crippen molar-refractivity contribution in [2.45, 2.75) is 32.6 Å². The summed E-state index contributed by atoms with van der Waals surface area (Å²) in [5.74, 6) is 0.479. The van der Waals surface area contributed by atoms with Crippen LogP contribution in [0.5, 0.6) is 0 Å². The Morgan fingerprint density at radius 3 is 2.66 bits per heavy atom. The largest absolute Gasteiger partial charge is 0.394 e. The molecule has 0 saturated carbocycles. The Balaban J connectivity index is 1.29. The maximum Gasteiger partial charge on any atom is 0.321 e. The van der Waals surface area contributed by atoms with Crippen LogP contribution < -0.4 is 10.2 Å². The fourth-order valence-corrected chi connectivity index (χ4v) is 6.56. The van der Waals surface area contributed by atoms with Gasteiger partial charge in [0.25, 0.3) is 5.91 Å². The van der Waals surface area contributed by atoms with Crippen molar-refractivity contribution in [3.8, 4) is 11.1 Å². The topological polar surface area (TPSA) is 112 Å². The van der Waals surface area contributed by atoms with E-state index in [0.717, 1.165) is 46.5 Å². The fraction of sp³-hybridized carbons (Fsp3) is 0.417. The van der Waals surface area contributed by atoms with E-state index in [1.165, 1.54) is 0 Å². The summed E-state index contributed by atoms with van der Waals surface area (Å²) in [4.78, 5) is 38.0. The number of benzene rings is 2. The van der Waals surface area contributed by atoms with Crippen molar-refractivity contribution in [2.24, 2.45) is 13.0 Å². The molecule has 1 fully saturated rings. The number of hydrogen-bond donors (Lipinski definition) is 2. The van der Waals surface area contributed by atoms with Crippen LogP contribution in [0, 0.1) is 5.92 Å². The summed E-state index contributed by atoms with van der Waals surface area (Å²) in [7, 11) is 3.67. The van der Waals surface area contributed by atoms with E-state index in [-0.39, 0.29) is 24.5 Å². The normalized spacial score (nSPS) is 19.5. The number of nitrogens with one attached hydrogen (secondary N) is 1. The molecule has 0 aliphatic carbocycles. The zero-order valence-electron chi connectivity index (χ0n) is 27.6. The van der Waals surface area contributed by atoms with Crippen LogP contribution in [0.25, 0.3) is 22.0 Å². The van der Waals surface area contributed by atoms with Crippen molar-refractivity contribution >= 4 is 34.3 Å². The molecule has 2 aliphatic rings. The number of ether oxygens (including phenoxy) is 2. The van der Waals surface area contributed by atoms with E-state index in [4.69, 9.17) is 9.47 Å². The zero-order valence-corrected chi connectivity index (χ0v) is 27.6. The molecule has 47 heavy (non-hydrogen) atoms. The van der Waals surface area contributed by atoms with Crippen LogP contribution in [0.3, 0.4) is 0 Å². The molecule has 4 heterocycles. The van der Waals surface area contributed by atoms with Gasteiger partial charge >= 0.3 is 6.03 Å². The van der Waals surface area contributed by atoms with Gasteiger partial charge in [0.2, 0.25) is 0 Å². The summed E-state index contributed by atoms with van der Waals surface area (Å²) in [5, 5.41) is 14.3. The number of aromatic nitrogens is 2. The number of hydrogen-bond acceptors (Lipinski definition) is 7. The van der Waals surface area contributed by atoms with E-state index in [2.05, 4.69) is 15.2 Å². The molecule has 11 heteroatoms. The van der Waals surface area contributed by atoms with Gasteiger partial charge in [0.1, 0.15) is 11.5 Å². The van der Waals surface area contributed by atoms with Crippen molar-refractivity contribution < 1.29 is 24.2 Å². The van der Waals surface area contributed by atoms with Crippen LogP contribution in [0.4, 0.5) is 16.3 Å². The van der Waals surface area contributed by atoms with E-state index >= 15 is 0 Å². The number of carbonyl (C=O) groups excluding carboxylic acids is 2. The smallest absolute Gasteiger partial charge is 0.321 e. The minimum atomic E-state index is -0.430. The monoisotopic (exact) mass is 640 g/mol. The van der Waals surface area contributed by atoms with E-state index < -0.39 is 12.1 Å². The van der Waals surface area contributed by atoms with E-state index in [1.54, 1.807) is 29.1 Å². The first kappa shape index (κ1) is 32.5. The lowest BCUT2D eigenvalue weighted by Gasteiger charge is -2.35. The maximum absolute atomic E-state index is 14.6. The van der Waals surface area contributed by atoms with Crippen molar-refractivity contribution in [1.29, 1.82) is 0 Å². The number of urea groups is 1. The molecule has 1 saturated heterocycles. The fourth-order valence-electron chi connectivity index (χ4n) is 6.56. The molecule has 3 atom stereocenters. The molecule has 3 amide bonds. The number of carbonyl (C=O) groups is 2. The molecule has 4 aromatic rings. The Kier molecular flexibility index (Phi) is 9.76. The lowest BCUT2D eigenvalue weighted by atomic mass is 9.96. The van der Waals surface area contributed by atoms with Gasteiger partial charge in [0.05, 0.1) is 38.6 Å². The Morgan fingerprint density at radius 2 is 1.87 bits per heavy atom. The van der Waals surface area contributed by atoms with Gasteiger partial charge < -0.3 is 39.2 Å². The quantitative estimate of drug-likeness (QED) is 0.317. The molecule has 0 radical (unpaired) electrons. The zero-order chi connectivity index (χ0) is 33.1. The van der Waals surface area contributed by atoms with Gasteiger partial charge in [-0.2, -0.15) is 0 Å². The second-order valence-corrected chi connectivity index (χ2v) is 12.6. The number of para-hydroxylation sites is 1. The number of rotatable bonds is 6. The number of morpholine rings is 1. The van der Waals surface area contributed by atoms with Crippen molar-refractivity contribution in [2.75, 3.05) is 63.3 Å². The minimum absolute atomic E-state index is 0.151. The molecular formula is C36H44N6O5. The molecule has 0 bridgehead atoms. The van der Waals surface area contributed by atoms with Crippen molar-refractivity contribution in [3.05, 3.63) is 78.1 Å². The molecule has 2 aromatic carbocycles. The third-order valence-corrected chi connectivity index (χ3v) is 9.36. The third-order valence-electron chi connectivity index (χ3n) is 9.36. The van der Waals surface area contributed by atoms with Gasteiger partial charge in [-0.3, -0.25) is 4.79 Å². The molecule has 2 N–H and O–H groups in total. The van der Waals surface area contributed by atoms with Gasteiger partial charge in [-0.15, -0.1) is 0 Å². The highest BCUT2D eigenvalue weighted by Crippen LogP contribution is 2.38. The van der Waals surface area contributed by atoms with E-state index in [9.17, 15) is 14.7 Å². The molecule has 2 aromatic heterocycles. The molecule has 0 unspecified atom stereocenters. The Morgan fingerprint density at radius 1 is 1.13 bits per heavy atom. The van der Waals surface area contributed by atoms with Crippen LogP contribution >= 0.6 is 0 Å². The standard InChI is InChI=1S/C36H44N6O5/c1-24-20-42(25(2)22-43)35(44)34-33(29-11-7-8-12-30(29)40(34)4)28-10-6-5-9-26(28)23-47-31(24)21-39(3)36(45)38-27-13-14-37-32(19-27)41-15-17-46-18-16-41/h5-14,19,24-25,31,43H,15-18,20-23H2,1-4H3,(H,37,38,45)/t24-,25-,31+/m1/s1. The number of aliphatic hydroxyl groups is 1. The van der Waals surface area contributed by atoms with Crippen LogP contribution in [-0.4, -0.2) is 102 Å². The maximum atomic E-state index is 14.6. The first-order chi connectivity index (χ1) is 22.8. The number of aryl methyl sites for hydroxylation is 1. The highest BCUT2D eigenvalue weighted by Gasteiger charge is 2.34. The number of fused-ring (bicyclic) bond motifs is 5. The second-order valence-electron chi connectivity index (χ2n) is 12.6. The number of nitrogens with zero attached hydrogens (tertiary/aromatic N) is 5. The second kappa shape index (κ2) is 14.1. The van der Waals surface area contributed by atoms with Crippen LogP contribution in [0.1, 0.15) is 29.9 Å². The van der Waals surface area contributed by atoms with Gasteiger partial charge in [-0.05, 0) is 30.2 Å². The lowest BCUT2D eigenvalue weighted by molar-refractivity contribution is -0.0179. The molecular weight excluding hydrogens is 596 g/mol. The van der Waals surface area contributed by atoms with Crippen molar-refractivity contribution in [3.63, 3.8) is 0 Å². The van der Waals surface area contributed by atoms with E-state index in [0.29, 0.717) is 44.3 Å². The summed E-state index contributed by atoms with van der Waals surface area (Å²) >= 11 is 0. The summed E-state index contributed by atoms with van der Waals surface area (Å²) in [6.45, 7) is 7.44. The molecule has 2 aliphatic heterocycles. The summed E-state index contributed by atoms with van der Waals surface area (Å²) < 4.78 is 14.1. The Hall–Kier alpha value is -4.45. The molecule has 6 rings (SSSR count). The lowest BCUT2D eigenvalue weighted by Crippen LogP contribution is -2.48. The summed E-state index contributed by atoms with van der Waals surface area (Å²) in [5.41, 5.74) is 4.94. The van der Waals surface area contributed by atoms with Gasteiger partial charge in [-0.1, -0.05) is 49.4 Å². The minimum Gasteiger partial charge on any atom is -0.394 e. The highest BCUT2D eigenvalue weighted by molar-refractivity contribution is 6.10. The molecule has 11 nitrogen and oxygen atoms in total. The first-order valence-corrected chi connectivity index (χ1v) is 16.3. The molecule has 248 valence electrons. The third kappa shape index (κ3) is 6.69. The highest BCUT2D eigenvalue weighted by atomic mass is 16.5. The van der Waals surface area contributed by atoms with Crippen LogP contribution in [0.2, 0.25) is 0 Å². The average molecular weight is 641 g/mol. The van der Waals surface area contributed by atoms with Crippen LogP contribution in [-0.2, 0) is 23.1 Å². The number of aliphatic hydroxyl groups excluding tert-OH is 1. The SMILES string of the molecule is C[C@@H]1CN([C@H](C)CO)C(=O)c2c(c3ccccc3n2C)-c2ccccc2CO[C@H]1CN(C)C(=O)Nc1ccnc(N2CCOCC2)c1. The number of pyridine rings is 1. The average Bonchev–Trinajstić information content (AvgIpc) is 3.39. The number of anilines is 2. The van der Waals surface area contributed by atoms with Crippen LogP contribution in [0.15, 0.2) is 66.9 Å². The molecule has 0 spiro atoms. The Bertz CT molecular complexity index is 1730. The predicted molar refractivity (Wildman–Crippen MR) is 183 cm³/mol. The number of likely N-dealkylation sites (N-methyl/N-ethyl adjacent to an activating group) is 1. The van der Waals surface area contributed by atoms with Gasteiger partial charge in [-0.25, -0.2) is 9.78 Å². The predicted octanol–water partition coefficient (Wildman–Crippen LogP) is 4.60. The summed E-state index contributed by atoms with van der Waals surface area (Å²) in [6.07, 6.45) is 1.29. The Labute approximate surface area is 275 Å².